The lowest BCUT2D eigenvalue weighted by Crippen LogP contribution is -2.25. The summed E-state index contributed by atoms with van der Waals surface area (Å²) < 4.78 is 14.6. The lowest BCUT2D eigenvalue weighted by atomic mass is 9.82. The first kappa shape index (κ1) is 17.0. The molecule has 2 N–H and O–H groups in total. The van der Waals surface area contributed by atoms with Crippen LogP contribution in [0, 0.1) is 5.82 Å². The van der Waals surface area contributed by atoms with Gasteiger partial charge in [-0.2, -0.15) is 0 Å². The molecular formula is C24H24FN. The Bertz CT molecular complexity index is 862. The van der Waals surface area contributed by atoms with Crippen LogP contribution >= 0.6 is 0 Å². The molecule has 0 radical (unpaired) electrons. The van der Waals surface area contributed by atoms with Crippen molar-refractivity contribution in [2.45, 2.75) is 37.6 Å². The van der Waals surface area contributed by atoms with E-state index in [1.807, 2.05) is 42.5 Å². The van der Waals surface area contributed by atoms with Crippen LogP contribution in [-0.2, 0) is 0 Å². The van der Waals surface area contributed by atoms with Gasteiger partial charge in [0.2, 0.25) is 0 Å². The molecule has 132 valence electrons. The first-order valence-electron chi connectivity index (χ1n) is 9.41. The second kappa shape index (κ2) is 7.43. The van der Waals surface area contributed by atoms with Gasteiger partial charge in [-0.15, -0.1) is 0 Å². The van der Waals surface area contributed by atoms with E-state index in [0.29, 0.717) is 17.5 Å². The Morgan fingerprint density at radius 1 is 0.692 bits per heavy atom. The zero-order chi connectivity index (χ0) is 17.9. The van der Waals surface area contributed by atoms with Gasteiger partial charge in [-0.25, -0.2) is 4.39 Å². The zero-order valence-electron chi connectivity index (χ0n) is 14.9. The lowest BCUT2D eigenvalue weighted by Gasteiger charge is -2.26. The minimum Gasteiger partial charge on any atom is -0.328 e. The first-order valence-corrected chi connectivity index (χ1v) is 9.41. The van der Waals surface area contributed by atoms with Gasteiger partial charge >= 0.3 is 0 Å². The van der Waals surface area contributed by atoms with Crippen molar-refractivity contribution >= 4 is 0 Å². The number of benzene rings is 3. The van der Waals surface area contributed by atoms with Gasteiger partial charge in [0.1, 0.15) is 5.82 Å². The van der Waals surface area contributed by atoms with E-state index in [4.69, 9.17) is 5.73 Å². The summed E-state index contributed by atoms with van der Waals surface area (Å²) in [6.45, 7) is 0. The number of hydrogen-bond acceptors (Lipinski definition) is 1. The second-order valence-electron chi connectivity index (χ2n) is 7.29. The lowest BCUT2D eigenvalue weighted by molar-refractivity contribution is 0.395. The summed E-state index contributed by atoms with van der Waals surface area (Å²) in [6, 6.07) is 24.2. The van der Waals surface area contributed by atoms with Gasteiger partial charge in [0.25, 0.3) is 0 Å². The number of rotatable bonds is 3. The van der Waals surface area contributed by atoms with Gasteiger partial charge in [0.15, 0.2) is 0 Å². The van der Waals surface area contributed by atoms with Gasteiger partial charge in [-0.05, 0) is 59.9 Å². The fraction of sp³-hybridized carbons (Fsp3) is 0.250. The number of halogens is 1. The largest absolute Gasteiger partial charge is 0.328 e. The van der Waals surface area contributed by atoms with Crippen molar-refractivity contribution in [2.75, 3.05) is 0 Å². The standard InChI is InChI=1S/C24H24FN/c25-24-16-21(12-15-23(24)20-4-2-1-3-5-20)19-8-6-17(7-9-19)18-10-13-22(26)14-11-18/h1-9,12,15-16,18,22H,10-11,13-14,26H2. The Morgan fingerprint density at radius 3 is 2.00 bits per heavy atom. The molecule has 1 nitrogen and oxygen atoms in total. The molecule has 0 bridgehead atoms. The summed E-state index contributed by atoms with van der Waals surface area (Å²) in [4.78, 5) is 0. The number of nitrogens with two attached hydrogens (primary N) is 1. The van der Waals surface area contributed by atoms with Crippen molar-refractivity contribution < 1.29 is 4.39 Å². The van der Waals surface area contributed by atoms with Crippen LogP contribution in [0.15, 0.2) is 72.8 Å². The van der Waals surface area contributed by atoms with Gasteiger partial charge in [-0.3, -0.25) is 0 Å². The molecule has 0 unspecified atom stereocenters. The molecular weight excluding hydrogens is 321 g/mol. The zero-order valence-corrected chi connectivity index (χ0v) is 14.9. The summed E-state index contributed by atoms with van der Waals surface area (Å²) >= 11 is 0. The fourth-order valence-corrected chi connectivity index (χ4v) is 3.95. The van der Waals surface area contributed by atoms with Gasteiger partial charge in [0.05, 0.1) is 0 Å². The summed E-state index contributed by atoms with van der Waals surface area (Å²) in [5.74, 6) is 0.431. The minimum absolute atomic E-state index is 0.181. The molecule has 0 amide bonds. The van der Waals surface area contributed by atoms with Crippen LogP contribution in [0.1, 0.15) is 37.2 Å². The monoisotopic (exact) mass is 345 g/mol. The van der Waals surface area contributed by atoms with Crippen LogP contribution < -0.4 is 5.73 Å². The summed E-state index contributed by atoms with van der Waals surface area (Å²) in [5.41, 5.74) is 10.9. The molecule has 3 aromatic rings. The van der Waals surface area contributed by atoms with Crippen LogP contribution in [0.3, 0.4) is 0 Å². The van der Waals surface area contributed by atoms with Crippen molar-refractivity contribution in [3.05, 3.63) is 84.2 Å². The molecule has 2 heteroatoms. The van der Waals surface area contributed by atoms with Crippen LogP contribution in [0.2, 0.25) is 0 Å². The molecule has 0 aromatic heterocycles. The van der Waals surface area contributed by atoms with E-state index in [-0.39, 0.29) is 5.82 Å². The SMILES string of the molecule is NC1CCC(c2ccc(-c3ccc(-c4ccccc4)c(F)c3)cc2)CC1. The summed E-state index contributed by atoms with van der Waals surface area (Å²) in [6.07, 6.45) is 4.55. The predicted molar refractivity (Wildman–Crippen MR) is 106 cm³/mol. The van der Waals surface area contributed by atoms with E-state index in [2.05, 4.69) is 24.3 Å². The van der Waals surface area contributed by atoms with Gasteiger partial charge in [0, 0.05) is 11.6 Å². The third kappa shape index (κ3) is 3.56. The Morgan fingerprint density at radius 2 is 1.35 bits per heavy atom. The Kier molecular flexibility index (Phi) is 4.85. The van der Waals surface area contributed by atoms with Crippen molar-refractivity contribution in [1.82, 2.24) is 0 Å². The highest BCUT2D eigenvalue weighted by Gasteiger charge is 2.19. The van der Waals surface area contributed by atoms with E-state index < -0.39 is 0 Å². The van der Waals surface area contributed by atoms with Crippen molar-refractivity contribution in [1.29, 1.82) is 0 Å². The molecule has 0 aliphatic heterocycles. The van der Waals surface area contributed by atoms with Crippen molar-refractivity contribution in [3.8, 4) is 22.3 Å². The molecule has 26 heavy (non-hydrogen) atoms. The quantitative estimate of drug-likeness (QED) is 0.606. The molecule has 0 atom stereocenters. The van der Waals surface area contributed by atoms with Crippen LogP contribution in [0.5, 0.6) is 0 Å². The highest BCUT2D eigenvalue weighted by atomic mass is 19.1. The molecule has 1 saturated carbocycles. The molecule has 0 spiro atoms. The third-order valence-corrected chi connectivity index (χ3v) is 5.54. The number of hydrogen-bond donors (Lipinski definition) is 1. The normalized spacial score (nSPS) is 20.1. The molecule has 3 aromatic carbocycles. The third-order valence-electron chi connectivity index (χ3n) is 5.54. The smallest absolute Gasteiger partial charge is 0.131 e. The summed E-state index contributed by atoms with van der Waals surface area (Å²) in [7, 11) is 0. The summed E-state index contributed by atoms with van der Waals surface area (Å²) in [5, 5.41) is 0. The van der Waals surface area contributed by atoms with E-state index in [9.17, 15) is 4.39 Å². The Labute approximate surface area is 154 Å². The first-order chi connectivity index (χ1) is 12.7. The minimum atomic E-state index is -0.181. The van der Waals surface area contributed by atoms with E-state index in [1.165, 1.54) is 18.4 Å². The van der Waals surface area contributed by atoms with Crippen LogP contribution in [-0.4, -0.2) is 6.04 Å². The average molecular weight is 345 g/mol. The topological polar surface area (TPSA) is 26.0 Å². The van der Waals surface area contributed by atoms with Crippen molar-refractivity contribution in [3.63, 3.8) is 0 Å². The molecule has 0 saturated heterocycles. The van der Waals surface area contributed by atoms with Crippen LogP contribution in [0.4, 0.5) is 4.39 Å². The molecule has 4 rings (SSSR count). The van der Waals surface area contributed by atoms with E-state index >= 15 is 0 Å². The fourth-order valence-electron chi connectivity index (χ4n) is 3.95. The van der Waals surface area contributed by atoms with E-state index in [0.717, 1.165) is 29.5 Å². The second-order valence-corrected chi connectivity index (χ2v) is 7.29. The molecule has 0 heterocycles. The highest BCUT2D eigenvalue weighted by Crippen LogP contribution is 2.34. The van der Waals surface area contributed by atoms with Crippen molar-refractivity contribution in [2.24, 2.45) is 5.73 Å². The van der Waals surface area contributed by atoms with Gasteiger partial charge in [-0.1, -0.05) is 66.7 Å². The van der Waals surface area contributed by atoms with E-state index in [1.54, 1.807) is 6.07 Å². The maximum atomic E-state index is 14.6. The molecule has 1 fully saturated rings. The van der Waals surface area contributed by atoms with Gasteiger partial charge < -0.3 is 5.73 Å². The Hall–Kier alpha value is -2.45. The Balaban J connectivity index is 1.55. The highest BCUT2D eigenvalue weighted by molar-refractivity contribution is 5.71. The molecule has 1 aliphatic carbocycles. The molecule has 1 aliphatic rings. The van der Waals surface area contributed by atoms with Crippen LogP contribution in [0.25, 0.3) is 22.3 Å². The average Bonchev–Trinajstić information content (AvgIpc) is 2.69. The maximum Gasteiger partial charge on any atom is 0.131 e. The maximum absolute atomic E-state index is 14.6. The predicted octanol–water partition coefficient (Wildman–Crippen LogP) is 6.14.